The fraction of sp³-hybridized carbons (Fsp3) is 0.278. The Morgan fingerprint density at radius 1 is 1.15 bits per heavy atom. The zero-order valence-electron chi connectivity index (χ0n) is 15.1. The van der Waals surface area contributed by atoms with E-state index in [4.69, 9.17) is 0 Å². The summed E-state index contributed by atoms with van der Waals surface area (Å²) < 4.78 is 27.4. The van der Waals surface area contributed by atoms with Gasteiger partial charge in [0.1, 0.15) is 5.69 Å². The van der Waals surface area contributed by atoms with E-state index < -0.39 is 14.9 Å². The molecule has 27 heavy (non-hydrogen) atoms. The van der Waals surface area contributed by atoms with Gasteiger partial charge in [0.15, 0.2) is 0 Å². The van der Waals surface area contributed by atoms with Crippen molar-refractivity contribution in [1.29, 1.82) is 0 Å². The third-order valence-electron chi connectivity index (χ3n) is 4.02. The van der Waals surface area contributed by atoms with Crippen LogP contribution in [0, 0.1) is 16.0 Å². The molecule has 0 unspecified atom stereocenters. The summed E-state index contributed by atoms with van der Waals surface area (Å²) in [6.45, 7) is 4.06. The molecule has 0 amide bonds. The lowest BCUT2D eigenvalue weighted by Gasteiger charge is -2.09. The zero-order chi connectivity index (χ0) is 19.9. The second kappa shape index (κ2) is 9.13. The Morgan fingerprint density at radius 3 is 2.41 bits per heavy atom. The maximum Gasteiger partial charge on any atom is 0.295 e. The number of hydrogen-bond acceptors (Lipinski definition) is 6. The molecule has 0 aliphatic carbocycles. The largest absolute Gasteiger partial charge is 0.295 e. The molecule has 0 aromatic heterocycles. The molecule has 0 atom stereocenters. The molecule has 0 spiro atoms. The van der Waals surface area contributed by atoms with E-state index in [2.05, 4.69) is 15.2 Å². The minimum atomic E-state index is -3.95. The molecule has 2 rings (SSSR count). The highest BCUT2D eigenvalue weighted by molar-refractivity contribution is 7.92. The minimum Gasteiger partial charge on any atom is -0.280 e. The summed E-state index contributed by atoms with van der Waals surface area (Å²) in [5.74, 6) is 0.270. The topological polar surface area (TPSA) is 114 Å². The molecule has 0 saturated heterocycles. The van der Waals surface area contributed by atoms with E-state index in [1.807, 2.05) is 13.8 Å². The van der Waals surface area contributed by atoms with Crippen LogP contribution in [0.4, 0.5) is 17.1 Å². The first-order valence-electron chi connectivity index (χ1n) is 8.52. The third-order valence-corrected chi connectivity index (χ3v) is 5.40. The van der Waals surface area contributed by atoms with Crippen LogP contribution in [0.1, 0.15) is 26.7 Å². The fourth-order valence-electron chi connectivity index (χ4n) is 2.36. The van der Waals surface area contributed by atoms with Gasteiger partial charge in [0, 0.05) is 18.0 Å². The second-order valence-corrected chi connectivity index (χ2v) is 7.56. The zero-order valence-corrected chi connectivity index (χ0v) is 15.9. The van der Waals surface area contributed by atoms with E-state index in [1.165, 1.54) is 12.1 Å². The summed E-state index contributed by atoms with van der Waals surface area (Å²) in [5, 5.41) is 15.4. The number of nitrogens with zero attached hydrogens (tertiary/aromatic N) is 2. The van der Waals surface area contributed by atoms with Gasteiger partial charge in [-0.25, -0.2) is 8.42 Å². The van der Waals surface area contributed by atoms with E-state index >= 15 is 0 Å². The van der Waals surface area contributed by atoms with Crippen LogP contribution in [0.25, 0.3) is 0 Å². The molecule has 0 aliphatic rings. The van der Waals surface area contributed by atoms with Gasteiger partial charge in [-0.1, -0.05) is 32.0 Å². The lowest BCUT2D eigenvalue weighted by atomic mass is 10.1. The molecule has 2 aromatic carbocycles. The summed E-state index contributed by atoms with van der Waals surface area (Å²) in [4.78, 5) is 10.5. The smallest absolute Gasteiger partial charge is 0.280 e. The maximum absolute atomic E-state index is 12.5. The standard InChI is InChI=1S/C18H22N4O4S/c1-3-14(4-2)13-19-20-17-11-10-16(12-18(17)22(23)24)27(25,26)21-15-8-6-5-7-9-15/h5-14,20-21H,3-4H2,1-2H3/b19-13-. The molecular formula is C18H22N4O4S. The van der Waals surface area contributed by atoms with Crippen LogP contribution < -0.4 is 10.1 Å². The molecule has 144 valence electrons. The number of nitro benzene ring substituents is 1. The van der Waals surface area contributed by atoms with Gasteiger partial charge in [-0.05, 0) is 43.0 Å². The van der Waals surface area contributed by atoms with E-state index in [1.54, 1.807) is 36.5 Å². The Balaban J connectivity index is 2.27. The molecule has 0 heterocycles. The van der Waals surface area contributed by atoms with Crippen LogP contribution in [0.15, 0.2) is 58.5 Å². The number of sulfonamides is 1. The average Bonchev–Trinajstić information content (AvgIpc) is 2.65. The molecule has 2 aromatic rings. The van der Waals surface area contributed by atoms with Crippen molar-refractivity contribution in [2.24, 2.45) is 11.0 Å². The van der Waals surface area contributed by atoms with Crippen molar-refractivity contribution in [1.82, 2.24) is 0 Å². The quantitative estimate of drug-likeness (QED) is 0.378. The van der Waals surface area contributed by atoms with Crippen LogP contribution in [0.2, 0.25) is 0 Å². The first-order valence-corrected chi connectivity index (χ1v) is 10.0. The number of anilines is 2. The van der Waals surface area contributed by atoms with E-state index in [0.29, 0.717) is 5.69 Å². The van der Waals surface area contributed by atoms with Crippen molar-refractivity contribution in [3.63, 3.8) is 0 Å². The van der Waals surface area contributed by atoms with E-state index in [0.717, 1.165) is 18.9 Å². The van der Waals surface area contributed by atoms with E-state index in [-0.39, 0.29) is 22.2 Å². The Morgan fingerprint density at radius 2 is 1.81 bits per heavy atom. The summed E-state index contributed by atoms with van der Waals surface area (Å²) >= 11 is 0. The summed E-state index contributed by atoms with van der Waals surface area (Å²) in [7, 11) is -3.95. The van der Waals surface area contributed by atoms with Crippen molar-refractivity contribution < 1.29 is 13.3 Å². The van der Waals surface area contributed by atoms with Gasteiger partial charge >= 0.3 is 0 Å². The Bertz CT molecular complexity index is 910. The van der Waals surface area contributed by atoms with Gasteiger partial charge in [-0.2, -0.15) is 5.10 Å². The van der Waals surface area contributed by atoms with Crippen LogP contribution in [0.3, 0.4) is 0 Å². The van der Waals surface area contributed by atoms with Gasteiger partial charge in [0.05, 0.1) is 9.82 Å². The van der Waals surface area contributed by atoms with Crippen LogP contribution >= 0.6 is 0 Å². The maximum atomic E-state index is 12.5. The Labute approximate surface area is 158 Å². The Kier molecular flexibility index (Phi) is 6.89. The molecule has 0 bridgehead atoms. The lowest BCUT2D eigenvalue weighted by Crippen LogP contribution is -2.13. The van der Waals surface area contributed by atoms with Gasteiger partial charge in [0.2, 0.25) is 0 Å². The van der Waals surface area contributed by atoms with E-state index in [9.17, 15) is 18.5 Å². The predicted octanol–water partition coefficient (Wildman–Crippen LogP) is 4.23. The number of rotatable bonds is 9. The van der Waals surface area contributed by atoms with Crippen LogP contribution in [-0.2, 0) is 10.0 Å². The third kappa shape index (κ3) is 5.52. The summed E-state index contributed by atoms with van der Waals surface area (Å²) in [5.41, 5.74) is 2.76. The molecule has 0 saturated carbocycles. The molecule has 8 nitrogen and oxygen atoms in total. The summed E-state index contributed by atoms with van der Waals surface area (Å²) in [6, 6.07) is 12.0. The normalized spacial score (nSPS) is 11.7. The van der Waals surface area contributed by atoms with Crippen molar-refractivity contribution in [3.05, 3.63) is 58.6 Å². The SMILES string of the molecule is CCC(/C=N\Nc1ccc(S(=O)(=O)Nc2ccccc2)cc1[N+](=O)[O-])CC. The van der Waals surface area contributed by atoms with Gasteiger partial charge < -0.3 is 0 Å². The molecule has 2 N–H and O–H groups in total. The highest BCUT2D eigenvalue weighted by atomic mass is 32.2. The molecular weight excluding hydrogens is 368 g/mol. The molecule has 0 fully saturated rings. The van der Waals surface area contributed by atoms with Crippen LogP contribution in [0.5, 0.6) is 0 Å². The first-order chi connectivity index (χ1) is 12.9. The average molecular weight is 390 g/mol. The molecule has 9 heteroatoms. The number of nitrogens with one attached hydrogen (secondary N) is 2. The number of hydrazone groups is 1. The number of nitro groups is 1. The minimum absolute atomic E-state index is 0.126. The second-order valence-electron chi connectivity index (χ2n) is 5.87. The predicted molar refractivity (Wildman–Crippen MR) is 107 cm³/mol. The van der Waals surface area contributed by atoms with Gasteiger partial charge in [-0.15, -0.1) is 0 Å². The fourth-order valence-corrected chi connectivity index (χ4v) is 3.43. The number of hydrogen-bond donors (Lipinski definition) is 2. The number of para-hydroxylation sites is 1. The van der Waals surface area contributed by atoms with Crippen molar-refractivity contribution in [2.45, 2.75) is 31.6 Å². The first kappa shape index (κ1) is 20.4. The van der Waals surface area contributed by atoms with Gasteiger partial charge in [-0.3, -0.25) is 20.3 Å². The monoisotopic (exact) mass is 390 g/mol. The van der Waals surface area contributed by atoms with Crippen molar-refractivity contribution in [3.8, 4) is 0 Å². The molecule has 0 radical (unpaired) electrons. The van der Waals surface area contributed by atoms with Crippen molar-refractivity contribution in [2.75, 3.05) is 10.1 Å². The highest BCUT2D eigenvalue weighted by Gasteiger charge is 2.21. The number of benzene rings is 2. The van der Waals surface area contributed by atoms with Gasteiger partial charge in [0.25, 0.3) is 15.7 Å². The molecule has 0 aliphatic heterocycles. The lowest BCUT2D eigenvalue weighted by molar-refractivity contribution is -0.384. The van der Waals surface area contributed by atoms with Crippen LogP contribution in [-0.4, -0.2) is 19.6 Å². The Hall–Kier alpha value is -2.94. The highest BCUT2D eigenvalue weighted by Crippen LogP contribution is 2.28. The van der Waals surface area contributed by atoms with Crippen molar-refractivity contribution >= 4 is 33.3 Å². The summed E-state index contributed by atoms with van der Waals surface area (Å²) in [6.07, 6.45) is 3.52.